The average Bonchev–Trinajstić information content (AvgIpc) is 2.96. The van der Waals surface area contributed by atoms with Gasteiger partial charge in [0.15, 0.2) is 5.17 Å². The van der Waals surface area contributed by atoms with E-state index >= 15 is 0 Å². The fraction of sp³-hybridized carbons (Fsp3) is 0.0714. The van der Waals surface area contributed by atoms with Crippen LogP contribution < -0.4 is 10.9 Å². The summed E-state index contributed by atoms with van der Waals surface area (Å²) in [5.41, 5.74) is 7.82. The SMILES string of the molecule is FC(F)Sc1ccc(N=C2NNC(c3ccc(Br)s3)=CS2)cc1. The fourth-order valence-corrected chi connectivity index (χ4v) is 4.36. The topological polar surface area (TPSA) is 36.4 Å². The summed E-state index contributed by atoms with van der Waals surface area (Å²) in [7, 11) is 0. The third-order valence-corrected chi connectivity index (χ3v) is 5.87. The maximum Gasteiger partial charge on any atom is 0.288 e. The molecular formula is C14H10BrF2N3S3. The normalized spacial score (nSPS) is 16.2. The van der Waals surface area contributed by atoms with Crippen LogP contribution in [0.1, 0.15) is 4.88 Å². The van der Waals surface area contributed by atoms with E-state index in [1.807, 2.05) is 17.5 Å². The van der Waals surface area contributed by atoms with E-state index in [-0.39, 0.29) is 0 Å². The van der Waals surface area contributed by atoms with Crippen LogP contribution in [-0.2, 0) is 0 Å². The lowest BCUT2D eigenvalue weighted by atomic mass is 10.3. The molecule has 0 saturated carbocycles. The molecule has 0 atom stereocenters. The lowest BCUT2D eigenvalue weighted by Crippen LogP contribution is -2.36. The molecule has 0 aliphatic carbocycles. The number of halogens is 3. The number of hydrazine groups is 1. The summed E-state index contributed by atoms with van der Waals surface area (Å²) < 4.78 is 25.6. The Hall–Kier alpha value is -1.03. The van der Waals surface area contributed by atoms with Crippen LogP contribution in [0.4, 0.5) is 14.5 Å². The molecule has 0 fully saturated rings. The van der Waals surface area contributed by atoms with Crippen molar-refractivity contribution in [2.45, 2.75) is 10.7 Å². The van der Waals surface area contributed by atoms with E-state index in [1.165, 1.54) is 11.8 Å². The molecule has 3 rings (SSSR count). The van der Waals surface area contributed by atoms with Gasteiger partial charge in [-0.2, -0.15) is 8.78 Å². The first kappa shape index (κ1) is 16.8. The highest BCUT2D eigenvalue weighted by atomic mass is 79.9. The first-order valence-corrected chi connectivity index (χ1v) is 9.75. The molecule has 0 bridgehead atoms. The Morgan fingerprint density at radius 2 is 1.87 bits per heavy atom. The number of thioether (sulfide) groups is 2. The van der Waals surface area contributed by atoms with E-state index in [4.69, 9.17) is 0 Å². The van der Waals surface area contributed by atoms with E-state index < -0.39 is 5.76 Å². The highest BCUT2D eigenvalue weighted by Crippen LogP contribution is 2.30. The van der Waals surface area contributed by atoms with Crippen LogP contribution in [0.25, 0.3) is 5.70 Å². The van der Waals surface area contributed by atoms with Crippen LogP contribution in [-0.4, -0.2) is 10.9 Å². The standard InChI is InChI=1S/C14H10BrF2N3S3/c15-12-6-5-11(23-12)10-7-21-14(20-19-10)18-8-1-3-9(4-2-8)22-13(16)17/h1-7,13,19H,(H,18,20). The third kappa shape index (κ3) is 4.72. The van der Waals surface area contributed by atoms with Crippen LogP contribution in [0, 0.1) is 0 Å². The number of aliphatic imine (C=N–C) groups is 1. The highest BCUT2D eigenvalue weighted by Gasteiger charge is 2.12. The zero-order valence-electron chi connectivity index (χ0n) is 11.4. The first-order chi connectivity index (χ1) is 11.1. The van der Waals surface area contributed by atoms with Gasteiger partial charge >= 0.3 is 0 Å². The Bertz CT molecular complexity index is 744. The van der Waals surface area contributed by atoms with Crippen molar-refractivity contribution in [3.8, 4) is 0 Å². The number of benzene rings is 1. The van der Waals surface area contributed by atoms with Crippen molar-refractivity contribution in [1.82, 2.24) is 10.9 Å². The van der Waals surface area contributed by atoms with Gasteiger partial charge in [0, 0.05) is 10.3 Å². The summed E-state index contributed by atoms with van der Waals surface area (Å²) in [6, 6.07) is 10.7. The molecule has 1 aromatic heterocycles. The number of hydrogen-bond donors (Lipinski definition) is 2. The molecule has 0 saturated heterocycles. The predicted octanol–water partition coefficient (Wildman–Crippen LogP) is 5.65. The number of rotatable bonds is 4. The second-order valence-corrected chi connectivity index (χ2v) is 8.68. The molecule has 0 amide bonds. The zero-order chi connectivity index (χ0) is 16.2. The van der Waals surface area contributed by atoms with Gasteiger partial charge < -0.3 is 0 Å². The van der Waals surface area contributed by atoms with Gasteiger partial charge in [-0.1, -0.05) is 23.5 Å². The van der Waals surface area contributed by atoms with Crippen molar-refractivity contribution >= 4 is 67.3 Å². The lowest BCUT2D eigenvalue weighted by molar-refractivity contribution is 0.252. The van der Waals surface area contributed by atoms with Crippen molar-refractivity contribution in [2.75, 3.05) is 0 Å². The second kappa shape index (κ2) is 7.69. The molecule has 120 valence electrons. The molecule has 0 unspecified atom stereocenters. The van der Waals surface area contributed by atoms with Gasteiger partial charge in [-0.05, 0) is 52.3 Å². The molecule has 9 heteroatoms. The van der Waals surface area contributed by atoms with Crippen molar-refractivity contribution in [3.05, 3.63) is 50.5 Å². The summed E-state index contributed by atoms with van der Waals surface area (Å²) in [4.78, 5) is 6.07. The van der Waals surface area contributed by atoms with Crippen molar-refractivity contribution in [3.63, 3.8) is 0 Å². The molecule has 1 aliphatic rings. The number of amidine groups is 1. The largest absolute Gasteiger partial charge is 0.297 e. The predicted molar refractivity (Wildman–Crippen MR) is 99.3 cm³/mol. The Labute approximate surface area is 152 Å². The van der Waals surface area contributed by atoms with Gasteiger partial charge in [0.05, 0.1) is 20.0 Å². The Morgan fingerprint density at radius 3 is 2.43 bits per heavy atom. The number of alkyl halides is 2. The van der Waals surface area contributed by atoms with Crippen molar-refractivity contribution in [2.24, 2.45) is 4.99 Å². The van der Waals surface area contributed by atoms with Crippen molar-refractivity contribution in [1.29, 1.82) is 0 Å². The van der Waals surface area contributed by atoms with Crippen LogP contribution in [0.2, 0.25) is 0 Å². The fourth-order valence-electron chi connectivity index (χ4n) is 1.75. The minimum Gasteiger partial charge on any atom is -0.297 e. The molecule has 0 spiro atoms. The quantitative estimate of drug-likeness (QED) is 0.610. The molecule has 23 heavy (non-hydrogen) atoms. The van der Waals surface area contributed by atoms with Crippen LogP contribution in [0.5, 0.6) is 0 Å². The van der Waals surface area contributed by atoms with Gasteiger partial charge in [-0.3, -0.25) is 10.9 Å². The molecule has 3 nitrogen and oxygen atoms in total. The molecule has 0 radical (unpaired) electrons. The van der Waals surface area contributed by atoms with E-state index in [2.05, 4.69) is 31.8 Å². The van der Waals surface area contributed by atoms with Crippen molar-refractivity contribution < 1.29 is 8.78 Å². The lowest BCUT2D eigenvalue weighted by Gasteiger charge is -2.17. The van der Waals surface area contributed by atoms with E-state index in [0.29, 0.717) is 27.5 Å². The average molecular weight is 434 g/mol. The summed E-state index contributed by atoms with van der Waals surface area (Å²) in [6.45, 7) is 0. The van der Waals surface area contributed by atoms with Crippen LogP contribution >= 0.6 is 50.8 Å². The Kier molecular flexibility index (Phi) is 5.62. The van der Waals surface area contributed by atoms with Gasteiger partial charge in [0.1, 0.15) is 0 Å². The van der Waals surface area contributed by atoms with E-state index in [1.54, 1.807) is 35.6 Å². The molecular weight excluding hydrogens is 424 g/mol. The van der Waals surface area contributed by atoms with Crippen LogP contribution in [0.15, 0.2) is 55.5 Å². The number of hydrogen-bond acceptors (Lipinski definition) is 5. The molecule has 2 heterocycles. The minimum absolute atomic E-state index is 0.525. The first-order valence-electron chi connectivity index (χ1n) is 6.38. The number of nitrogens with zero attached hydrogens (tertiary/aromatic N) is 1. The zero-order valence-corrected chi connectivity index (χ0v) is 15.5. The Morgan fingerprint density at radius 1 is 1.09 bits per heavy atom. The minimum atomic E-state index is -2.41. The number of thiophene rings is 1. The maximum atomic E-state index is 12.3. The summed E-state index contributed by atoms with van der Waals surface area (Å²) in [5.74, 6) is -2.41. The monoisotopic (exact) mass is 433 g/mol. The summed E-state index contributed by atoms with van der Waals surface area (Å²) in [5, 5.41) is 2.67. The van der Waals surface area contributed by atoms with E-state index in [9.17, 15) is 8.78 Å². The smallest absolute Gasteiger partial charge is 0.288 e. The van der Waals surface area contributed by atoms with Gasteiger partial charge in [-0.25, -0.2) is 4.99 Å². The summed E-state index contributed by atoms with van der Waals surface area (Å²) >= 11 is 7.07. The van der Waals surface area contributed by atoms with Crippen LogP contribution in [0.3, 0.4) is 0 Å². The maximum absolute atomic E-state index is 12.3. The van der Waals surface area contributed by atoms with E-state index in [0.717, 1.165) is 14.4 Å². The van der Waals surface area contributed by atoms with Gasteiger partial charge in [0.2, 0.25) is 0 Å². The second-order valence-electron chi connectivity index (χ2n) is 4.29. The Balaban J connectivity index is 1.66. The number of nitrogens with one attached hydrogen (secondary N) is 2. The molecule has 2 N–H and O–H groups in total. The summed E-state index contributed by atoms with van der Waals surface area (Å²) in [6.07, 6.45) is 0. The molecule has 2 aromatic rings. The molecule has 1 aliphatic heterocycles. The van der Waals surface area contributed by atoms with Gasteiger partial charge in [0.25, 0.3) is 5.76 Å². The molecule has 1 aromatic carbocycles. The highest BCUT2D eigenvalue weighted by molar-refractivity contribution is 9.11. The third-order valence-electron chi connectivity index (χ3n) is 2.72. The van der Waals surface area contributed by atoms with Gasteiger partial charge in [-0.15, -0.1) is 11.3 Å².